The lowest BCUT2D eigenvalue weighted by Gasteiger charge is -2.06. The van der Waals surface area contributed by atoms with Gasteiger partial charge >= 0.3 is 0 Å². The lowest BCUT2D eigenvalue weighted by atomic mass is 10.4. The normalized spacial score (nSPS) is 11.5. The molecule has 0 aliphatic rings. The highest BCUT2D eigenvalue weighted by atomic mass is 32.2. The van der Waals surface area contributed by atoms with Gasteiger partial charge in [-0.05, 0) is 26.8 Å². The van der Waals surface area contributed by atoms with Crippen LogP contribution in [0.5, 0.6) is 0 Å². The molecule has 2 aromatic rings. The molecule has 0 aliphatic heterocycles. The van der Waals surface area contributed by atoms with Gasteiger partial charge in [0.05, 0.1) is 5.69 Å². The summed E-state index contributed by atoms with van der Waals surface area (Å²) in [5, 5.41) is 0.208. The molecule has 2 rings (SSSR count). The third kappa shape index (κ3) is 2.99. The second kappa shape index (κ2) is 4.74. The lowest BCUT2D eigenvalue weighted by molar-refractivity contribution is 0.602. The number of aromatic nitrogens is 3. The van der Waals surface area contributed by atoms with E-state index in [2.05, 4.69) is 19.7 Å². The number of nitrogens with zero attached hydrogens (tertiary/aromatic N) is 3. The van der Waals surface area contributed by atoms with Crippen LogP contribution < -0.4 is 10.5 Å². The number of hydrogen-bond donors (Lipinski definition) is 2. The van der Waals surface area contributed by atoms with E-state index in [1.54, 1.807) is 26.8 Å². The fourth-order valence-corrected chi connectivity index (χ4v) is 3.83. The van der Waals surface area contributed by atoms with E-state index in [4.69, 9.17) is 5.73 Å². The highest BCUT2D eigenvalue weighted by molar-refractivity contribution is 7.94. The standard InChI is InChI=1S/C10H13N5O2S2/c1-5-4-6(2)13-10(12-5)15-19(16,17)8-7(3)14-9(11)18-8/h4H,1-3H3,(H2,11,14)(H,12,13,15). The van der Waals surface area contributed by atoms with Crippen LogP contribution in [0.3, 0.4) is 0 Å². The van der Waals surface area contributed by atoms with Gasteiger partial charge in [0.2, 0.25) is 5.95 Å². The molecule has 7 nitrogen and oxygen atoms in total. The number of anilines is 2. The average molecular weight is 299 g/mol. The van der Waals surface area contributed by atoms with E-state index < -0.39 is 10.0 Å². The van der Waals surface area contributed by atoms with Crippen LogP contribution in [-0.2, 0) is 10.0 Å². The van der Waals surface area contributed by atoms with Crippen molar-refractivity contribution in [2.75, 3.05) is 10.5 Å². The maximum absolute atomic E-state index is 12.2. The first-order valence-electron chi connectivity index (χ1n) is 5.36. The zero-order chi connectivity index (χ0) is 14.2. The summed E-state index contributed by atoms with van der Waals surface area (Å²) in [7, 11) is -3.76. The van der Waals surface area contributed by atoms with Gasteiger partial charge in [-0.2, -0.15) is 0 Å². The number of nitrogen functional groups attached to an aromatic ring is 1. The second-order valence-corrected chi connectivity index (χ2v) is 6.91. The number of hydrogen-bond acceptors (Lipinski definition) is 7. The summed E-state index contributed by atoms with van der Waals surface area (Å²) >= 11 is 0.910. The number of nitrogens with one attached hydrogen (secondary N) is 1. The Kier molecular flexibility index (Phi) is 3.42. The molecule has 0 radical (unpaired) electrons. The molecule has 0 unspecified atom stereocenters. The predicted octanol–water partition coefficient (Wildman–Crippen LogP) is 1.24. The van der Waals surface area contributed by atoms with Crippen LogP contribution in [0.1, 0.15) is 17.1 Å². The van der Waals surface area contributed by atoms with Crippen LogP contribution in [0.4, 0.5) is 11.1 Å². The monoisotopic (exact) mass is 299 g/mol. The highest BCUT2D eigenvalue weighted by Gasteiger charge is 2.22. The average Bonchev–Trinajstić information content (AvgIpc) is 2.56. The molecule has 0 aromatic carbocycles. The van der Waals surface area contributed by atoms with Gasteiger partial charge in [0.15, 0.2) is 9.34 Å². The molecule has 0 amide bonds. The van der Waals surface area contributed by atoms with Crippen molar-refractivity contribution < 1.29 is 8.42 Å². The largest absolute Gasteiger partial charge is 0.375 e. The lowest BCUT2D eigenvalue weighted by Crippen LogP contribution is -2.15. The van der Waals surface area contributed by atoms with Crippen molar-refractivity contribution in [3.8, 4) is 0 Å². The van der Waals surface area contributed by atoms with E-state index in [0.29, 0.717) is 17.1 Å². The number of nitrogens with two attached hydrogens (primary N) is 1. The molecule has 0 saturated carbocycles. The Bertz CT molecular complexity index is 703. The van der Waals surface area contributed by atoms with E-state index in [9.17, 15) is 8.42 Å². The van der Waals surface area contributed by atoms with Crippen molar-refractivity contribution in [1.29, 1.82) is 0 Å². The molecule has 0 fully saturated rings. The Balaban J connectivity index is 2.39. The van der Waals surface area contributed by atoms with Crippen molar-refractivity contribution in [2.45, 2.75) is 25.0 Å². The molecule has 2 aromatic heterocycles. The van der Waals surface area contributed by atoms with Crippen LogP contribution in [0.2, 0.25) is 0 Å². The smallest absolute Gasteiger partial charge is 0.275 e. The zero-order valence-electron chi connectivity index (χ0n) is 10.6. The minimum Gasteiger partial charge on any atom is -0.375 e. The first-order chi connectivity index (χ1) is 8.78. The van der Waals surface area contributed by atoms with Crippen LogP contribution in [0, 0.1) is 20.8 Å². The van der Waals surface area contributed by atoms with Crippen LogP contribution in [0.25, 0.3) is 0 Å². The summed E-state index contributed by atoms with van der Waals surface area (Å²) in [6.45, 7) is 5.12. The van der Waals surface area contributed by atoms with E-state index in [-0.39, 0.29) is 15.3 Å². The molecule has 102 valence electrons. The Hall–Kier alpha value is -1.74. The Labute approximate surface area is 115 Å². The molecule has 0 saturated heterocycles. The van der Waals surface area contributed by atoms with Gasteiger partial charge < -0.3 is 5.73 Å². The van der Waals surface area contributed by atoms with Crippen molar-refractivity contribution in [3.63, 3.8) is 0 Å². The summed E-state index contributed by atoms with van der Waals surface area (Å²) in [5.41, 5.74) is 7.23. The molecule has 0 aliphatic carbocycles. The molecule has 0 spiro atoms. The van der Waals surface area contributed by atoms with Gasteiger partial charge in [-0.1, -0.05) is 11.3 Å². The maximum Gasteiger partial charge on any atom is 0.275 e. The van der Waals surface area contributed by atoms with Gasteiger partial charge in [-0.3, -0.25) is 0 Å². The van der Waals surface area contributed by atoms with Gasteiger partial charge in [-0.25, -0.2) is 28.1 Å². The summed E-state index contributed by atoms with van der Waals surface area (Å²) in [6.07, 6.45) is 0. The first-order valence-corrected chi connectivity index (χ1v) is 7.66. The van der Waals surface area contributed by atoms with E-state index >= 15 is 0 Å². The fourth-order valence-electron chi connectivity index (χ4n) is 1.59. The summed E-state index contributed by atoms with van der Waals surface area (Å²) in [5.74, 6) is 0.0453. The van der Waals surface area contributed by atoms with Gasteiger partial charge in [0.1, 0.15) is 0 Å². The van der Waals surface area contributed by atoms with E-state index in [1.165, 1.54) is 0 Å². The Morgan fingerprint density at radius 1 is 1.16 bits per heavy atom. The van der Waals surface area contributed by atoms with Crippen molar-refractivity contribution in [3.05, 3.63) is 23.1 Å². The zero-order valence-corrected chi connectivity index (χ0v) is 12.3. The number of rotatable bonds is 3. The third-order valence-electron chi connectivity index (χ3n) is 2.22. The first kappa shape index (κ1) is 13.7. The minimum absolute atomic E-state index is 0.0453. The molecule has 19 heavy (non-hydrogen) atoms. The third-order valence-corrected chi connectivity index (χ3v) is 5.15. The number of thiazole rings is 1. The SMILES string of the molecule is Cc1cc(C)nc(NS(=O)(=O)c2sc(N)nc2C)n1. The number of sulfonamides is 1. The summed E-state index contributed by atoms with van der Waals surface area (Å²) in [4.78, 5) is 12.0. The van der Waals surface area contributed by atoms with Gasteiger partial charge in [-0.15, -0.1) is 0 Å². The predicted molar refractivity (Wildman–Crippen MR) is 73.6 cm³/mol. The molecule has 3 N–H and O–H groups in total. The van der Waals surface area contributed by atoms with Crippen molar-refractivity contribution in [2.24, 2.45) is 0 Å². The topological polar surface area (TPSA) is 111 Å². The van der Waals surface area contributed by atoms with Crippen molar-refractivity contribution >= 4 is 32.4 Å². The maximum atomic E-state index is 12.2. The molecule has 0 bridgehead atoms. The van der Waals surface area contributed by atoms with Crippen LogP contribution in [-0.4, -0.2) is 23.4 Å². The van der Waals surface area contributed by atoms with Crippen molar-refractivity contribution in [1.82, 2.24) is 15.0 Å². The molecular formula is C10H13N5O2S2. The summed E-state index contributed by atoms with van der Waals surface area (Å²) in [6, 6.07) is 1.76. The number of aryl methyl sites for hydroxylation is 3. The van der Waals surface area contributed by atoms with E-state index in [1.807, 2.05) is 0 Å². The van der Waals surface area contributed by atoms with Gasteiger partial charge in [0.25, 0.3) is 10.0 Å². The highest BCUT2D eigenvalue weighted by Crippen LogP contribution is 2.26. The Morgan fingerprint density at radius 2 is 1.74 bits per heavy atom. The van der Waals surface area contributed by atoms with E-state index in [0.717, 1.165) is 11.3 Å². The second-order valence-electron chi connectivity index (χ2n) is 4.00. The van der Waals surface area contributed by atoms with Crippen LogP contribution in [0.15, 0.2) is 10.3 Å². The Morgan fingerprint density at radius 3 is 2.21 bits per heavy atom. The molecule has 0 atom stereocenters. The van der Waals surface area contributed by atoms with Crippen LogP contribution >= 0.6 is 11.3 Å². The quantitative estimate of drug-likeness (QED) is 0.882. The summed E-state index contributed by atoms with van der Waals surface area (Å²) < 4.78 is 26.8. The minimum atomic E-state index is -3.76. The molecule has 2 heterocycles. The molecular weight excluding hydrogens is 286 g/mol. The molecule has 9 heteroatoms. The fraction of sp³-hybridized carbons (Fsp3) is 0.300. The van der Waals surface area contributed by atoms with Gasteiger partial charge in [0, 0.05) is 11.4 Å².